The first-order valence-electron chi connectivity index (χ1n) is 6.30. The number of allylic oxidation sites excluding steroid dienone is 2. The normalized spacial score (nSPS) is 19.0. The number of hydrogen-bond donors (Lipinski definition) is 0. The Bertz CT molecular complexity index is 910. The van der Waals surface area contributed by atoms with E-state index in [4.69, 9.17) is 0 Å². The summed E-state index contributed by atoms with van der Waals surface area (Å²) in [7, 11) is 0. The molecule has 0 radical (unpaired) electrons. The lowest BCUT2D eigenvalue weighted by molar-refractivity contribution is -0.358. The molecule has 22 heavy (non-hydrogen) atoms. The van der Waals surface area contributed by atoms with Crippen molar-refractivity contribution >= 4 is 76.3 Å². The summed E-state index contributed by atoms with van der Waals surface area (Å²) in [5.41, 5.74) is 2.72. The van der Waals surface area contributed by atoms with Crippen molar-refractivity contribution < 1.29 is 13.1 Å². The van der Waals surface area contributed by atoms with Gasteiger partial charge >= 0.3 is 6.97 Å². The Balaban J connectivity index is 2.15. The van der Waals surface area contributed by atoms with Crippen LogP contribution in [0.15, 0.2) is 49.8 Å². The maximum Gasteiger partial charge on any atom is 0.738 e. The summed E-state index contributed by atoms with van der Waals surface area (Å²) < 4.78 is 33.8. The lowest BCUT2D eigenvalue weighted by atomic mass is 9.87. The van der Waals surface area contributed by atoms with Gasteiger partial charge in [-0.05, 0) is 55.4 Å². The summed E-state index contributed by atoms with van der Waals surface area (Å²) in [5.74, 6) is 0. The van der Waals surface area contributed by atoms with Crippen LogP contribution in [0.4, 0.5) is 8.63 Å². The molecule has 0 spiro atoms. The van der Waals surface area contributed by atoms with Gasteiger partial charge in [-0.15, -0.1) is 11.3 Å². The van der Waals surface area contributed by atoms with Gasteiger partial charge in [0.15, 0.2) is 5.70 Å². The molecule has 0 saturated carbocycles. The molecule has 0 fully saturated rings. The zero-order chi connectivity index (χ0) is 15.6. The monoisotopic (exact) mass is 508 g/mol. The number of nitrogens with zero attached hydrogens (tertiary/aromatic N) is 2. The van der Waals surface area contributed by atoms with Crippen LogP contribution in [0.2, 0.25) is 0 Å². The highest BCUT2D eigenvalue weighted by Crippen LogP contribution is 2.44. The maximum absolute atomic E-state index is 15.0. The molecule has 2 aliphatic rings. The molecule has 2 aromatic rings. The van der Waals surface area contributed by atoms with Crippen LogP contribution in [0.25, 0.3) is 5.57 Å². The van der Waals surface area contributed by atoms with Crippen LogP contribution >= 0.6 is 59.1 Å². The molecule has 2 nitrogen and oxygen atoms in total. The van der Waals surface area contributed by atoms with Crippen molar-refractivity contribution in [2.75, 3.05) is 0 Å². The van der Waals surface area contributed by atoms with Crippen LogP contribution < -0.4 is 0 Å². The number of aromatic nitrogens is 1. The summed E-state index contributed by atoms with van der Waals surface area (Å²) in [6.45, 7) is -3.95. The highest BCUT2D eigenvalue weighted by Gasteiger charge is 2.54. The average Bonchev–Trinajstić information content (AvgIpc) is 3.12. The van der Waals surface area contributed by atoms with Crippen LogP contribution in [0, 0.1) is 0 Å². The van der Waals surface area contributed by atoms with E-state index < -0.39 is 6.97 Å². The van der Waals surface area contributed by atoms with E-state index in [2.05, 4.69) is 47.8 Å². The lowest BCUT2D eigenvalue weighted by Gasteiger charge is -2.32. The minimum Gasteiger partial charge on any atom is -0.389 e. The van der Waals surface area contributed by atoms with Crippen LogP contribution in [-0.4, -0.2) is 20.6 Å². The molecule has 112 valence electrons. The van der Waals surface area contributed by atoms with E-state index in [1.165, 1.54) is 11.3 Å². The quantitative estimate of drug-likeness (QED) is 0.451. The molecule has 0 aliphatic carbocycles. The number of rotatable bonds is 1. The van der Waals surface area contributed by atoms with Crippen LogP contribution in [0.1, 0.15) is 11.3 Å². The average molecular weight is 511 g/mol. The van der Waals surface area contributed by atoms with E-state index in [0.29, 0.717) is 20.6 Å². The van der Waals surface area contributed by atoms with Crippen molar-refractivity contribution in [3.63, 3.8) is 0 Å². The highest BCUT2D eigenvalue weighted by atomic mass is 79.9. The second-order valence-corrected chi connectivity index (χ2v) is 8.75. The Labute approximate surface area is 154 Å². The van der Waals surface area contributed by atoms with Gasteiger partial charge in [-0.25, -0.2) is 0 Å². The fourth-order valence-corrected chi connectivity index (χ4v) is 5.29. The molecule has 9 heteroatoms. The van der Waals surface area contributed by atoms with Gasteiger partial charge < -0.3 is 17.6 Å². The predicted octanol–water partition coefficient (Wildman–Crippen LogP) is 5.45. The van der Waals surface area contributed by atoms with Gasteiger partial charge in [-0.2, -0.15) is 0 Å². The maximum atomic E-state index is 15.0. The first-order chi connectivity index (χ1) is 10.4. The Morgan fingerprint density at radius 3 is 2.55 bits per heavy atom. The van der Waals surface area contributed by atoms with Gasteiger partial charge in [-0.3, -0.25) is 0 Å². The van der Waals surface area contributed by atoms with Crippen LogP contribution in [0.3, 0.4) is 0 Å². The zero-order valence-electron chi connectivity index (χ0n) is 10.7. The third-order valence-corrected chi connectivity index (χ3v) is 6.74. The summed E-state index contributed by atoms with van der Waals surface area (Å²) in [5, 5.41) is 1.94. The smallest absolute Gasteiger partial charge is 0.389 e. The molecule has 2 aromatic heterocycles. The van der Waals surface area contributed by atoms with Crippen molar-refractivity contribution in [2.24, 2.45) is 0 Å². The van der Waals surface area contributed by atoms with Gasteiger partial charge in [0.2, 0.25) is 4.62 Å². The van der Waals surface area contributed by atoms with Crippen LogP contribution in [-0.2, 0) is 0 Å². The predicted molar refractivity (Wildman–Crippen MR) is 96.9 cm³/mol. The summed E-state index contributed by atoms with van der Waals surface area (Å²) >= 11 is 11.6. The number of hydrogen-bond acceptors (Lipinski definition) is 1. The molecule has 4 heterocycles. The number of fused-ring (bicyclic) bond motifs is 2. The fraction of sp³-hybridized carbons (Fsp3) is 0. The Morgan fingerprint density at radius 2 is 1.86 bits per heavy atom. The van der Waals surface area contributed by atoms with Crippen molar-refractivity contribution in [2.45, 2.75) is 0 Å². The van der Waals surface area contributed by atoms with Gasteiger partial charge in [0.05, 0.1) is 14.0 Å². The standard InChI is InChI=1S/C13H6BBr3F2N2S/c15-10-3-1-8-12(7-5-6-22-13(7)17)9-2-4-11(16)21(9)14(18,19)20(8)10/h1-6H. The first-order valence-corrected chi connectivity index (χ1v) is 9.56. The summed E-state index contributed by atoms with van der Waals surface area (Å²) in [6, 6.07) is 5.33. The number of halogens is 5. The van der Waals surface area contributed by atoms with Crippen molar-refractivity contribution in [1.82, 2.24) is 4.48 Å². The fourth-order valence-electron chi connectivity index (χ4n) is 2.88. The molecule has 0 bridgehead atoms. The minimum absolute atomic E-state index is 0.364. The van der Waals surface area contributed by atoms with Crippen molar-refractivity contribution in [3.05, 3.63) is 61.1 Å². The zero-order valence-corrected chi connectivity index (χ0v) is 16.3. The summed E-state index contributed by atoms with van der Waals surface area (Å²) in [6.07, 6.45) is 3.38. The van der Waals surface area contributed by atoms with E-state index in [9.17, 15) is 8.63 Å². The third kappa shape index (κ3) is 1.88. The molecule has 0 N–H and O–H groups in total. The topological polar surface area (TPSA) is 7.94 Å². The van der Waals surface area contributed by atoms with E-state index in [0.717, 1.165) is 23.9 Å². The molecule has 0 atom stereocenters. The third-order valence-electron chi connectivity index (χ3n) is 3.76. The van der Waals surface area contributed by atoms with E-state index in [1.54, 1.807) is 24.3 Å². The molecule has 2 aliphatic heterocycles. The molecule has 0 unspecified atom stereocenters. The molecule has 0 amide bonds. The SMILES string of the molecule is F[B-]1(F)n2c(Br)ccc2C(c2ccsc2Br)=C2C=CC(Br)=[N+]21. The van der Waals surface area contributed by atoms with Gasteiger partial charge in [0.1, 0.15) is 0 Å². The molecule has 4 rings (SSSR count). The van der Waals surface area contributed by atoms with E-state index >= 15 is 0 Å². The Hall–Kier alpha value is -0.505. The second kappa shape index (κ2) is 4.99. The number of thiophene rings is 1. The minimum atomic E-state index is -3.95. The van der Waals surface area contributed by atoms with Gasteiger partial charge in [0, 0.05) is 39.3 Å². The van der Waals surface area contributed by atoms with E-state index in [-0.39, 0.29) is 0 Å². The Kier molecular flexibility index (Phi) is 3.42. The second-order valence-electron chi connectivity index (χ2n) is 4.89. The van der Waals surface area contributed by atoms with Crippen molar-refractivity contribution in [3.8, 4) is 0 Å². The molecular formula is C13H6BBr3F2N2S. The largest absolute Gasteiger partial charge is 0.738 e. The first kappa shape index (κ1) is 15.0. The van der Waals surface area contributed by atoms with Crippen molar-refractivity contribution in [1.29, 1.82) is 0 Å². The van der Waals surface area contributed by atoms with E-state index in [1.807, 2.05) is 11.4 Å². The lowest BCUT2D eigenvalue weighted by Crippen LogP contribution is -2.50. The Morgan fingerprint density at radius 1 is 1.09 bits per heavy atom. The molecule has 0 aromatic carbocycles. The van der Waals surface area contributed by atoms with Crippen LogP contribution in [0.5, 0.6) is 0 Å². The van der Waals surface area contributed by atoms with Gasteiger partial charge in [-0.1, -0.05) is 0 Å². The summed E-state index contributed by atoms with van der Waals surface area (Å²) in [4.78, 5) is 0. The highest BCUT2D eigenvalue weighted by molar-refractivity contribution is 9.18. The molecular weight excluding hydrogens is 505 g/mol. The van der Waals surface area contributed by atoms with Gasteiger partial charge in [0.25, 0.3) is 0 Å². The molecule has 0 saturated heterocycles.